The lowest BCUT2D eigenvalue weighted by Gasteiger charge is -2.16. The van der Waals surface area contributed by atoms with Gasteiger partial charge in [0.1, 0.15) is 5.75 Å². The van der Waals surface area contributed by atoms with Crippen LogP contribution in [-0.4, -0.2) is 33.5 Å². The van der Waals surface area contributed by atoms with Gasteiger partial charge in [0.05, 0.1) is 22.9 Å². The summed E-state index contributed by atoms with van der Waals surface area (Å²) in [5.41, 5.74) is 0.650. The smallest absolute Gasteiger partial charge is 0.255 e. The quantitative estimate of drug-likeness (QED) is 0.756. The van der Waals surface area contributed by atoms with Gasteiger partial charge in [-0.05, 0) is 49.2 Å². The van der Waals surface area contributed by atoms with E-state index >= 15 is 0 Å². The highest BCUT2D eigenvalue weighted by Crippen LogP contribution is 2.34. The summed E-state index contributed by atoms with van der Waals surface area (Å²) in [6, 6.07) is 9.34. The maximum Gasteiger partial charge on any atom is 0.255 e. The Balaban J connectivity index is 1.91. The fraction of sp³-hybridized carbons (Fsp3) is 0.350. The van der Waals surface area contributed by atoms with Crippen LogP contribution in [0, 0.1) is 0 Å². The molecule has 1 amide bonds. The van der Waals surface area contributed by atoms with Crippen LogP contribution in [0.1, 0.15) is 37.0 Å². The zero-order chi connectivity index (χ0) is 20.3. The number of nitrogens with one attached hydrogen (secondary N) is 1. The van der Waals surface area contributed by atoms with Gasteiger partial charge >= 0.3 is 0 Å². The van der Waals surface area contributed by atoms with Crippen molar-refractivity contribution in [3.8, 4) is 17.2 Å². The fourth-order valence-electron chi connectivity index (χ4n) is 3.11. The third-order valence-electron chi connectivity index (χ3n) is 4.73. The molecule has 1 heterocycles. The second-order valence-corrected chi connectivity index (χ2v) is 8.60. The topological polar surface area (TPSA) is 90.9 Å². The zero-order valence-electron chi connectivity index (χ0n) is 16.0. The van der Waals surface area contributed by atoms with E-state index in [9.17, 15) is 13.2 Å². The Hall–Kier alpha value is -2.74. The predicted molar refractivity (Wildman–Crippen MR) is 105 cm³/mol. The lowest BCUT2D eigenvalue weighted by Crippen LogP contribution is -2.20. The molecule has 0 saturated heterocycles. The largest absolute Gasteiger partial charge is 0.495 e. The summed E-state index contributed by atoms with van der Waals surface area (Å²) >= 11 is 0. The number of sulfone groups is 1. The summed E-state index contributed by atoms with van der Waals surface area (Å²) in [6.45, 7) is 3.80. The number of carbonyl (C=O) groups excluding carboxylic acids is 1. The van der Waals surface area contributed by atoms with Gasteiger partial charge in [-0.3, -0.25) is 4.79 Å². The number of amides is 1. The van der Waals surface area contributed by atoms with Crippen molar-refractivity contribution in [3.05, 3.63) is 42.0 Å². The van der Waals surface area contributed by atoms with Crippen LogP contribution in [0.4, 0.5) is 5.69 Å². The number of carbonyl (C=O) groups is 1. The van der Waals surface area contributed by atoms with E-state index in [2.05, 4.69) is 5.32 Å². The lowest BCUT2D eigenvalue weighted by molar-refractivity contribution is 0.102. The molecule has 1 aliphatic heterocycles. The molecule has 1 aliphatic rings. The van der Waals surface area contributed by atoms with Crippen LogP contribution in [0.25, 0.3) is 0 Å². The first-order valence-electron chi connectivity index (χ1n) is 9.03. The Morgan fingerprint density at radius 3 is 2.50 bits per heavy atom. The Kier molecular flexibility index (Phi) is 5.79. The first kappa shape index (κ1) is 20.0. The number of ether oxygens (including phenoxy) is 3. The second kappa shape index (κ2) is 8.10. The van der Waals surface area contributed by atoms with E-state index in [0.29, 0.717) is 35.7 Å². The number of fused-ring (bicyclic) bond motifs is 1. The van der Waals surface area contributed by atoms with Gasteiger partial charge in [0.15, 0.2) is 21.3 Å². The van der Waals surface area contributed by atoms with Gasteiger partial charge in [0.2, 0.25) is 6.79 Å². The SMILES string of the molecule is CCC(CC)S(=O)(=O)c1ccc(OC)c(NC(=O)c2ccc3c(c2)OCO3)c1. The molecule has 0 unspecified atom stereocenters. The van der Waals surface area contributed by atoms with Gasteiger partial charge in [-0.1, -0.05) is 13.8 Å². The highest BCUT2D eigenvalue weighted by Gasteiger charge is 2.26. The summed E-state index contributed by atoms with van der Waals surface area (Å²) in [5, 5.41) is 2.26. The fourth-order valence-corrected chi connectivity index (χ4v) is 4.92. The standard InChI is InChI=1S/C20H23NO6S/c1-4-14(5-2)28(23,24)15-7-9-17(25-3)16(11-15)21-20(22)13-6-8-18-19(10-13)27-12-26-18/h6-11,14H,4-5,12H2,1-3H3,(H,21,22). The monoisotopic (exact) mass is 405 g/mol. The van der Waals surface area contributed by atoms with E-state index in [0.717, 1.165) is 0 Å². The van der Waals surface area contributed by atoms with E-state index in [1.165, 1.54) is 19.2 Å². The molecule has 0 aliphatic carbocycles. The average Bonchev–Trinajstić information content (AvgIpc) is 3.16. The third-order valence-corrected chi connectivity index (χ3v) is 7.19. The molecule has 150 valence electrons. The van der Waals surface area contributed by atoms with Gasteiger partial charge in [-0.25, -0.2) is 8.42 Å². The van der Waals surface area contributed by atoms with Gasteiger partial charge in [0.25, 0.3) is 5.91 Å². The molecule has 0 bridgehead atoms. The van der Waals surface area contributed by atoms with Crippen molar-refractivity contribution < 1.29 is 27.4 Å². The van der Waals surface area contributed by atoms with Gasteiger partial charge in [-0.2, -0.15) is 0 Å². The molecule has 0 spiro atoms. The van der Waals surface area contributed by atoms with Gasteiger partial charge < -0.3 is 19.5 Å². The molecule has 0 saturated carbocycles. The number of benzene rings is 2. The second-order valence-electron chi connectivity index (χ2n) is 6.37. The Morgan fingerprint density at radius 2 is 1.82 bits per heavy atom. The molecule has 28 heavy (non-hydrogen) atoms. The van der Waals surface area contributed by atoms with Crippen LogP contribution in [0.15, 0.2) is 41.3 Å². The van der Waals surface area contributed by atoms with Gasteiger partial charge in [0, 0.05) is 5.56 Å². The van der Waals surface area contributed by atoms with E-state index in [1.54, 1.807) is 24.3 Å². The van der Waals surface area contributed by atoms with Crippen molar-refractivity contribution in [1.82, 2.24) is 0 Å². The normalized spacial score (nSPS) is 12.9. The van der Waals surface area contributed by atoms with Crippen LogP contribution >= 0.6 is 0 Å². The summed E-state index contributed by atoms with van der Waals surface area (Å²) in [6.07, 6.45) is 1.04. The zero-order valence-corrected chi connectivity index (χ0v) is 16.8. The summed E-state index contributed by atoms with van der Waals surface area (Å²) in [5.74, 6) is 1.03. The molecule has 0 fully saturated rings. The average molecular weight is 405 g/mol. The summed E-state index contributed by atoms with van der Waals surface area (Å²) < 4.78 is 41.5. The van der Waals surface area contributed by atoms with Crippen molar-refractivity contribution in [2.75, 3.05) is 19.2 Å². The molecule has 0 radical (unpaired) electrons. The molecule has 7 nitrogen and oxygen atoms in total. The number of rotatable bonds is 7. The van der Waals surface area contributed by atoms with E-state index in [4.69, 9.17) is 14.2 Å². The minimum Gasteiger partial charge on any atom is -0.495 e. The van der Waals surface area contributed by atoms with E-state index < -0.39 is 21.0 Å². The highest BCUT2D eigenvalue weighted by atomic mass is 32.2. The maximum atomic E-state index is 12.8. The molecular weight excluding hydrogens is 382 g/mol. The van der Waals surface area contributed by atoms with Crippen LogP contribution in [-0.2, 0) is 9.84 Å². The summed E-state index contributed by atoms with van der Waals surface area (Å²) in [7, 11) is -2.04. The third kappa shape index (κ3) is 3.77. The van der Waals surface area contributed by atoms with Crippen molar-refractivity contribution in [1.29, 1.82) is 0 Å². The predicted octanol–water partition coefficient (Wildman–Crippen LogP) is 3.64. The Labute approximate surface area is 164 Å². The highest BCUT2D eigenvalue weighted by molar-refractivity contribution is 7.92. The molecule has 8 heteroatoms. The molecule has 0 aromatic heterocycles. The number of hydrogen-bond acceptors (Lipinski definition) is 6. The molecule has 0 atom stereocenters. The first-order chi connectivity index (χ1) is 13.4. The van der Waals surface area contributed by atoms with Crippen LogP contribution in [0.3, 0.4) is 0 Å². The van der Waals surface area contributed by atoms with Crippen molar-refractivity contribution >= 4 is 21.4 Å². The molecule has 1 N–H and O–H groups in total. The molecule has 3 rings (SSSR count). The van der Waals surface area contributed by atoms with Crippen LogP contribution in [0.5, 0.6) is 17.2 Å². The van der Waals surface area contributed by atoms with Crippen molar-refractivity contribution in [2.45, 2.75) is 36.8 Å². The maximum absolute atomic E-state index is 12.8. The Bertz CT molecular complexity index is 982. The molecule has 2 aromatic carbocycles. The lowest BCUT2D eigenvalue weighted by atomic mass is 10.2. The number of hydrogen-bond donors (Lipinski definition) is 1. The van der Waals surface area contributed by atoms with Gasteiger partial charge in [-0.15, -0.1) is 0 Å². The van der Waals surface area contributed by atoms with E-state index in [1.807, 2.05) is 13.8 Å². The van der Waals surface area contributed by atoms with Crippen molar-refractivity contribution in [2.24, 2.45) is 0 Å². The van der Waals surface area contributed by atoms with Crippen molar-refractivity contribution in [3.63, 3.8) is 0 Å². The Morgan fingerprint density at radius 1 is 1.11 bits per heavy atom. The minimum absolute atomic E-state index is 0.115. The summed E-state index contributed by atoms with van der Waals surface area (Å²) in [4.78, 5) is 12.8. The van der Waals surface area contributed by atoms with Crippen LogP contribution in [0.2, 0.25) is 0 Å². The number of methoxy groups -OCH3 is 1. The first-order valence-corrected chi connectivity index (χ1v) is 10.6. The molecular formula is C20H23NO6S. The molecule has 2 aromatic rings. The minimum atomic E-state index is -3.50. The number of anilines is 1. The van der Waals surface area contributed by atoms with E-state index in [-0.39, 0.29) is 17.4 Å². The van der Waals surface area contributed by atoms with Crippen LogP contribution < -0.4 is 19.5 Å².